The first-order chi connectivity index (χ1) is 6.34. The molecule has 0 saturated heterocycles. The highest BCUT2D eigenvalue weighted by Crippen LogP contribution is 2.39. The van der Waals surface area contributed by atoms with E-state index in [0.29, 0.717) is 5.92 Å². The highest BCUT2D eigenvalue weighted by Gasteiger charge is 2.27. The standard InChI is InChI=1S/C10H9ClN2/c11-8-3-4-13-9(5-8)6-12-10(13)7-1-2-7/h3-7H,1-2H2. The van der Waals surface area contributed by atoms with Crippen molar-refractivity contribution in [3.63, 3.8) is 0 Å². The number of hydrogen-bond acceptors (Lipinski definition) is 1. The molecular formula is C10H9ClN2. The van der Waals surface area contributed by atoms with E-state index in [1.165, 1.54) is 18.7 Å². The van der Waals surface area contributed by atoms with Crippen molar-refractivity contribution in [1.29, 1.82) is 0 Å². The second kappa shape index (κ2) is 2.48. The Kier molecular flexibility index (Phi) is 1.41. The molecule has 2 nitrogen and oxygen atoms in total. The number of halogens is 1. The van der Waals surface area contributed by atoms with Crippen LogP contribution in [-0.2, 0) is 0 Å². The quantitative estimate of drug-likeness (QED) is 0.679. The molecule has 13 heavy (non-hydrogen) atoms. The fourth-order valence-corrected chi connectivity index (χ4v) is 1.81. The van der Waals surface area contributed by atoms with Crippen LogP contribution in [0, 0.1) is 0 Å². The third-order valence-electron chi connectivity index (χ3n) is 2.47. The molecule has 1 aliphatic carbocycles. The molecule has 0 aliphatic heterocycles. The van der Waals surface area contributed by atoms with Crippen molar-refractivity contribution in [2.45, 2.75) is 18.8 Å². The van der Waals surface area contributed by atoms with Crippen molar-refractivity contribution in [3.8, 4) is 0 Å². The lowest BCUT2D eigenvalue weighted by atomic mass is 10.4. The molecule has 0 radical (unpaired) electrons. The van der Waals surface area contributed by atoms with Gasteiger partial charge in [0, 0.05) is 17.1 Å². The van der Waals surface area contributed by atoms with Gasteiger partial charge < -0.3 is 4.40 Å². The molecule has 0 aromatic carbocycles. The minimum absolute atomic E-state index is 0.684. The predicted molar refractivity (Wildman–Crippen MR) is 52.2 cm³/mol. The zero-order valence-corrected chi connectivity index (χ0v) is 7.83. The third kappa shape index (κ3) is 1.13. The van der Waals surface area contributed by atoms with Crippen LogP contribution in [0.4, 0.5) is 0 Å². The molecule has 3 heteroatoms. The van der Waals surface area contributed by atoms with E-state index in [9.17, 15) is 0 Å². The number of imidazole rings is 1. The van der Waals surface area contributed by atoms with Crippen molar-refractivity contribution < 1.29 is 0 Å². The topological polar surface area (TPSA) is 17.3 Å². The van der Waals surface area contributed by atoms with Crippen LogP contribution in [0.1, 0.15) is 24.6 Å². The Morgan fingerprint density at radius 3 is 3.08 bits per heavy atom. The molecule has 1 aliphatic rings. The van der Waals surface area contributed by atoms with E-state index >= 15 is 0 Å². The predicted octanol–water partition coefficient (Wildman–Crippen LogP) is 2.87. The lowest BCUT2D eigenvalue weighted by Gasteiger charge is -1.98. The Balaban J connectivity index is 2.26. The maximum absolute atomic E-state index is 5.88. The van der Waals surface area contributed by atoms with Crippen LogP contribution in [0.15, 0.2) is 24.5 Å². The average Bonchev–Trinajstić information content (AvgIpc) is 2.87. The molecule has 0 N–H and O–H groups in total. The molecule has 3 rings (SSSR count). The molecule has 0 unspecified atom stereocenters. The Bertz CT molecular complexity index is 457. The number of aromatic nitrogens is 2. The van der Waals surface area contributed by atoms with E-state index in [1.807, 2.05) is 24.5 Å². The van der Waals surface area contributed by atoms with Crippen molar-refractivity contribution >= 4 is 17.1 Å². The summed E-state index contributed by atoms with van der Waals surface area (Å²) in [6, 6.07) is 3.85. The maximum Gasteiger partial charge on any atom is 0.116 e. The van der Waals surface area contributed by atoms with E-state index < -0.39 is 0 Å². The molecular weight excluding hydrogens is 184 g/mol. The van der Waals surface area contributed by atoms with Gasteiger partial charge in [-0.1, -0.05) is 11.6 Å². The van der Waals surface area contributed by atoms with Gasteiger partial charge in [-0.15, -0.1) is 0 Å². The van der Waals surface area contributed by atoms with Gasteiger partial charge in [0.05, 0.1) is 11.7 Å². The van der Waals surface area contributed by atoms with Gasteiger partial charge in [-0.2, -0.15) is 0 Å². The number of rotatable bonds is 1. The van der Waals surface area contributed by atoms with Crippen molar-refractivity contribution in [2.75, 3.05) is 0 Å². The lowest BCUT2D eigenvalue weighted by molar-refractivity contribution is 0.921. The van der Waals surface area contributed by atoms with Gasteiger partial charge in [0.25, 0.3) is 0 Å². The van der Waals surface area contributed by atoms with E-state index in [4.69, 9.17) is 11.6 Å². The van der Waals surface area contributed by atoms with Gasteiger partial charge >= 0.3 is 0 Å². The van der Waals surface area contributed by atoms with Crippen LogP contribution in [0.3, 0.4) is 0 Å². The number of nitrogens with zero attached hydrogens (tertiary/aromatic N) is 2. The number of pyridine rings is 1. The van der Waals surface area contributed by atoms with Gasteiger partial charge in [-0.3, -0.25) is 0 Å². The first-order valence-corrected chi connectivity index (χ1v) is 4.85. The summed E-state index contributed by atoms with van der Waals surface area (Å²) >= 11 is 5.88. The van der Waals surface area contributed by atoms with Gasteiger partial charge in [0.1, 0.15) is 5.82 Å². The van der Waals surface area contributed by atoms with Crippen LogP contribution in [0.25, 0.3) is 5.52 Å². The Morgan fingerprint density at radius 1 is 1.46 bits per heavy atom. The highest BCUT2D eigenvalue weighted by atomic mass is 35.5. The summed E-state index contributed by atoms with van der Waals surface area (Å²) in [5, 5.41) is 0.773. The van der Waals surface area contributed by atoms with Crippen LogP contribution >= 0.6 is 11.6 Å². The number of fused-ring (bicyclic) bond motifs is 1. The van der Waals surface area contributed by atoms with Crippen molar-refractivity contribution in [3.05, 3.63) is 35.4 Å². The third-order valence-corrected chi connectivity index (χ3v) is 2.70. The Hall–Kier alpha value is -1.02. The average molecular weight is 193 g/mol. The highest BCUT2D eigenvalue weighted by molar-refractivity contribution is 6.30. The molecule has 66 valence electrons. The zero-order valence-electron chi connectivity index (χ0n) is 7.07. The van der Waals surface area contributed by atoms with Gasteiger partial charge in [0.15, 0.2) is 0 Å². The molecule has 1 saturated carbocycles. The zero-order chi connectivity index (χ0) is 8.84. The monoisotopic (exact) mass is 192 g/mol. The maximum atomic E-state index is 5.88. The molecule has 2 aromatic rings. The van der Waals surface area contributed by atoms with E-state index in [1.54, 1.807) is 0 Å². The van der Waals surface area contributed by atoms with Gasteiger partial charge in [-0.05, 0) is 25.0 Å². The van der Waals surface area contributed by atoms with Gasteiger partial charge in [0.2, 0.25) is 0 Å². The summed E-state index contributed by atoms with van der Waals surface area (Å²) in [4.78, 5) is 4.40. The Labute approximate surface area is 81.2 Å². The molecule has 0 amide bonds. The summed E-state index contributed by atoms with van der Waals surface area (Å²) in [6.07, 6.45) is 6.45. The van der Waals surface area contributed by atoms with Crippen molar-refractivity contribution in [1.82, 2.24) is 9.38 Å². The summed E-state index contributed by atoms with van der Waals surface area (Å²) in [6.45, 7) is 0. The summed E-state index contributed by atoms with van der Waals surface area (Å²) in [5.74, 6) is 1.87. The molecule has 1 fully saturated rings. The van der Waals surface area contributed by atoms with Crippen LogP contribution in [0.5, 0.6) is 0 Å². The van der Waals surface area contributed by atoms with Crippen molar-refractivity contribution in [2.24, 2.45) is 0 Å². The molecule has 0 spiro atoms. The van der Waals surface area contributed by atoms with Crippen LogP contribution < -0.4 is 0 Å². The second-order valence-electron chi connectivity index (χ2n) is 3.53. The smallest absolute Gasteiger partial charge is 0.116 e. The fraction of sp³-hybridized carbons (Fsp3) is 0.300. The van der Waals surface area contributed by atoms with Gasteiger partial charge in [-0.25, -0.2) is 4.98 Å². The van der Waals surface area contributed by atoms with E-state index in [2.05, 4.69) is 9.38 Å². The SMILES string of the molecule is Clc1ccn2c(C3CC3)ncc2c1. The minimum Gasteiger partial charge on any atom is -0.303 e. The van der Waals surface area contributed by atoms with E-state index in [0.717, 1.165) is 10.5 Å². The molecule has 2 heterocycles. The molecule has 0 bridgehead atoms. The lowest BCUT2D eigenvalue weighted by Crippen LogP contribution is -1.90. The summed E-state index contributed by atoms with van der Waals surface area (Å²) in [5.41, 5.74) is 1.09. The van der Waals surface area contributed by atoms with Crippen LogP contribution in [-0.4, -0.2) is 9.38 Å². The van der Waals surface area contributed by atoms with E-state index in [-0.39, 0.29) is 0 Å². The molecule has 0 atom stereocenters. The Morgan fingerprint density at radius 2 is 2.31 bits per heavy atom. The normalized spacial score (nSPS) is 16.7. The van der Waals surface area contributed by atoms with Crippen LogP contribution in [0.2, 0.25) is 5.02 Å². The summed E-state index contributed by atoms with van der Waals surface area (Å²) in [7, 11) is 0. The first kappa shape index (κ1) is 7.39. The first-order valence-electron chi connectivity index (χ1n) is 4.47. The fourth-order valence-electron chi connectivity index (χ4n) is 1.64. The second-order valence-corrected chi connectivity index (χ2v) is 3.97. The largest absolute Gasteiger partial charge is 0.303 e. The summed E-state index contributed by atoms with van der Waals surface area (Å²) < 4.78 is 2.13. The number of hydrogen-bond donors (Lipinski definition) is 0. The minimum atomic E-state index is 0.684. The molecule has 2 aromatic heterocycles.